The molecule has 2 aromatic carbocycles. The van der Waals surface area contributed by atoms with Crippen LogP contribution in [0.2, 0.25) is 0 Å². The first-order valence-electron chi connectivity index (χ1n) is 12.4. The molecule has 0 atom stereocenters. The number of nitro groups is 1. The van der Waals surface area contributed by atoms with Crippen molar-refractivity contribution in [2.24, 2.45) is 0 Å². The van der Waals surface area contributed by atoms with Gasteiger partial charge in [-0.15, -0.1) is 0 Å². The number of hydrogen-bond donors (Lipinski definition) is 0. The third-order valence-corrected chi connectivity index (χ3v) is 6.85. The van der Waals surface area contributed by atoms with Gasteiger partial charge in [-0.25, -0.2) is 14.4 Å². The Hall–Kier alpha value is -3.88. The Labute approximate surface area is 208 Å². The Morgan fingerprint density at radius 3 is 2.28 bits per heavy atom. The Balaban J connectivity index is 1.39. The number of benzene rings is 2. The fourth-order valence-corrected chi connectivity index (χ4v) is 4.63. The minimum atomic E-state index is -0.396. The number of rotatable bonds is 7. The minimum absolute atomic E-state index is 0.0666. The molecule has 1 amide bonds. The number of nitro benzene ring substituents is 1. The zero-order valence-electron chi connectivity index (χ0n) is 20.2. The lowest BCUT2D eigenvalue weighted by molar-refractivity contribution is -0.384. The van der Waals surface area contributed by atoms with Gasteiger partial charge in [0.2, 0.25) is 0 Å². The summed E-state index contributed by atoms with van der Waals surface area (Å²) in [5.74, 6) is 1.73. The van der Waals surface area contributed by atoms with Crippen molar-refractivity contribution in [3.63, 3.8) is 0 Å². The SMILES string of the molecule is CCc1nc(C2CC2)nc(N2CCN(C(=O)c3ccc(F)cc3)CC2)c1Cc1ccc([N+](=O)[O-])cc1. The Bertz CT molecular complexity index is 1270. The van der Waals surface area contributed by atoms with E-state index in [4.69, 9.17) is 9.97 Å². The van der Waals surface area contributed by atoms with Crippen LogP contribution in [0.4, 0.5) is 15.9 Å². The van der Waals surface area contributed by atoms with Crippen LogP contribution < -0.4 is 4.90 Å². The molecule has 1 saturated heterocycles. The molecule has 2 fully saturated rings. The molecule has 0 bridgehead atoms. The van der Waals surface area contributed by atoms with E-state index in [2.05, 4.69) is 11.8 Å². The molecular weight excluding hydrogens is 461 g/mol. The quantitative estimate of drug-likeness (QED) is 0.358. The van der Waals surface area contributed by atoms with Gasteiger partial charge in [0.1, 0.15) is 17.5 Å². The molecule has 0 radical (unpaired) electrons. The highest BCUT2D eigenvalue weighted by molar-refractivity contribution is 5.94. The van der Waals surface area contributed by atoms with E-state index in [-0.39, 0.29) is 17.4 Å². The van der Waals surface area contributed by atoms with Crippen molar-refractivity contribution >= 4 is 17.4 Å². The van der Waals surface area contributed by atoms with Crippen LogP contribution in [0.15, 0.2) is 48.5 Å². The lowest BCUT2D eigenvalue weighted by Crippen LogP contribution is -2.49. The number of aryl methyl sites for hydroxylation is 1. The van der Waals surface area contributed by atoms with E-state index in [9.17, 15) is 19.3 Å². The van der Waals surface area contributed by atoms with E-state index in [1.165, 1.54) is 36.4 Å². The van der Waals surface area contributed by atoms with Crippen LogP contribution in [0.1, 0.15) is 58.7 Å². The molecule has 2 heterocycles. The van der Waals surface area contributed by atoms with E-state index >= 15 is 0 Å². The Morgan fingerprint density at radius 2 is 1.69 bits per heavy atom. The van der Waals surface area contributed by atoms with E-state index < -0.39 is 4.92 Å². The lowest BCUT2D eigenvalue weighted by Gasteiger charge is -2.36. The van der Waals surface area contributed by atoms with Crippen LogP contribution in [0.3, 0.4) is 0 Å². The van der Waals surface area contributed by atoms with Crippen LogP contribution in [-0.4, -0.2) is 51.9 Å². The number of carbonyl (C=O) groups excluding carboxylic acids is 1. The van der Waals surface area contributed by atoms with E-state index in [1.807, 2.05) is 0 Å². The molecule has 0 spiro atoms. The third-order valence-electron chi connectivity index (χ3n) is 6.85. The molecule has 186 valence electrons. The van der Waals surface area contributed by atoms with Crippen LogP contribution in [0.5, 0.6) is 0 Å². The first-order chi connectivity index (χ1) is 17.4. The normalized spacial score (nSPS) is 15.7. The number of aromatic nitrogens is 2. The second-order valence-electron chi connectivity index (χ2n) is 9.34. The highest BCUT2D eigenvalue weighted by Crippen LogP contribution is 2.40. The van der Waals surface area contributed by atoms with Gasteiger partial charge in [0.25, 0.3) is 11.6 Å². The molecule has 9 heteroatoms. The molecule has 3 aromatic rings. The van der Waals surface area contributed by atoms with E-state index in [0.29, 0.717) is 44.1 Å². The van der Waals surface area contributed by atoms with Crippen molar-refractivity contribution in [3.05, 3.63) is 92.7 Å². The smallest absolute Gasteiger partial charge is 0.269 e. The summed E-state index contributed by atoms with van der Waals surface area (Å²) in [4.78, 5) is 37.5. The molecular formula is C27H28FN5O3. The molecule has 1 aromatic heterocycles. The molecule has 2 aliphatic rings. The highest BCUT2D eigenvalue weighted by Gasteiger charge is 2.31. The average molecular weight is 490 g/mol. The van der Waals surface area contributed by atoms with Crippen molar-refractivity contribution in [1.82, 2.24) is 14.9 Å². The van der Waals surface area contributed by atoms with Gasteiger partial charge in [-0.3, -0.25) is 14.9 Å². The second kappa shape index (κ2) is 10.0. The molecule has 5 rings (SSSR count). The van der Waals surface area contributed by atoms with Gasteiger partial charge < -0.3 is 9.80 Å². The summed E-state index contributed by atoms with van der Waals surface area (Å²) in [7, 11) is 0. The predicted molar refractivity (Wildman–Crippen MR) is 134 cm³/mol. The van der Waals surface area contributed by atoms with Crippen molar-refractivity contribution in [2.75, 3.05) is 31.1 Å². The topological polar surface area (TPSA) is 92.5 Å². The van der Waals surface area contributed by atoms with Gasteiger partial charge in [0, 0.05) is 67.5 Å². The summed E-state index contributed by atoms with van der Waals surface area (Å²) < 4.78 is 13.3. The molecule has 8 nitrogen and oxygen atoms in total. The van der Waals surface area contributed by atoms with Gasteiger partial charge in [-0.05, 0) is 49.1 Å². The van der Waals surface area contributed by atoms with Crippen LogP contribution >= 0.6 is 0 Å². The van der Waals surface area contributed by atoms with E-state index in [1.54, 1.807) is 17.0 Å². The number of non-ortho nitro benzene ring substituents is 1. The van der Waals surface area contributed by atoms with Crippen LogP contribution in [-0.2, 0) is 12.8 Å². The average Bonchev–Trinajstić information content (AvgIpc) is 3.75. The number of amides is 1. The molecule has 1 aliphatic heterocycles. The monoisotopic (exact) mass is 489 g/mol. The van der Waals surface area contributed by atoms with Gasteiger partial charge in [0.05, 0.1) is 4.92 Å². The highest BCUT2D eigenvalue weighted by atomic mass is 19.1. The maximum absolute atomic E-state index is 13.3. The Morgan fingerprint density at radius 1 is 1.03 bits per heavy atom. The maximum Gasteiger partial charge on any atom is 0.269 e. The number of halogens is 1. The summed E-state index contributed by atoms with van der Waals surface area (Å²) in [6.07, 6.45) is 3.55. The first-order valence-corrected chi connectivity index (χ1v) is 12.4. The molecule has 0 N–H and O–H groups in total. The standard InChI is InChI=1S/C27H28FN5O3/c1-2-24-23(17-18-3-11-22(12-4-18)33(35)36)26(30-25(29-24)19-5-6-19)31-13-15-32(16-14-31)27(34)20-7-9-21(28)10-8-20/h3-4,7-12,19H,2,5-6,13-17H2,1H3. The lowest BCUT2D eigenvalue weighted by atomic mass is 10.0. The summed E-state index contributed by atoms with van der Waals surface area (Å²) in [6.45, 7) is 4.42. The summed E-state index contributed by atoms with van der Waals surface area (Å²) in [6, 6.07) is 12.3. The van der Waals surface area contributed by atoms with Gasteiger partial charge in [0.15, 0.2) is 0 Å². The maximum atomic E-state index is 13.3. The van der Waals surface area contributed by atoms with Gasteiger partial charge in [-0.1, -0.05) is 19.1 Å². The number of piperazine rings is 1. The zero-order valence-corrected chi connectivity index (χ0v) is 20.2. The summed E-state index contributed by atoms with van der Waals surface area (Å²) >= 11 is 0. The second-order valence-corrected chi connectivity index (χ2v) is 9.34. The fourth-order valence-electron chi connectivity index (χ4n) is 4.63. The number of hydrogen-bond acceptors (Lipinski definition) is 6. The molecule has 1 saturated carbocycles. The van der Waals surface area contributed by atoms with Crippen molar-refractivity contribution in [1.29, 1.82) is 0 Å². The Kier molecular flexibility index (Phi) is 6.63. The summed E-state index contributed by atoms with van der Waals surface area (Å²) in [5, 5.41) is 11.1. The van der Waals surface area contributed by atoms with Gasteiger partial charge in [-0.2, -0.15) is 0 Å². The number of anilines is 1. The number of nitrogens with zero attached hydrogens (tertiary/aromatic N) is 5. The third kappa shape index (κ3) is 5.05. The molecule has 0 unspecified atom stereocenters. The predicted octanol–water partition coefficient (Wildman–Crippen LogP) is 4.52. The number of carbonyl (C=O) groups is 1. The fraction of sp³-hybridized carbons (Fsp3) is 0.370. The summed E-state index contributed by atoms with van der Waals surface area (Å²) in [5.41, 5.74) is 3.55. The first kappa shape index (κ1) is 23.8. The van der Waals surface area contributed by atoms with Crippen molar-refractivity contribution < 1.29 is 14.1 Å². The largest absolute Gasteiger partial charge is 0.353 e. The van der Waals surface area contributed by atoms with Crippen LogP contribution in [0.25, 0.3) is 0 Å². The van der Waals surface area contributed by atoms with E-state index in [0.717, 1.165) is 47.7 Å². The minimum Gasteiger partial charge on any atom is -0.353 e. The van der Waals surface area contributed by atoms with Crippen LogP contribution in [0, 0.1) is 15.9 Å². The van der Waals surface area contributed by atoms with Crippen molar-refractivity contribution in [3.8, 4) is 0 Å². The molecule has 1 aliphatic carbocycles. The van der Waals surface area contributed by atoms with Crippen molar-refractivity contribution in [2.45, 2.75) is 38.5 Å². The molecule has 36 heavy (non-hydrogen) atoms. The van der Waals surface area contributed by atoms with Gasteiger partial charge >= 0.3 is 0 Å². The zero-order chi connectivity index (χ0) is 25.2.